The normalized spacial score (nSPS) is 28.4. The van der Waals surface area contributed by atoms with Crippen molar-refractivity contribution < 1.29 is 0 Å². The van der Waals surface area contributed by atoms with Gasteiger partial charge >= 0.3 is 0 Å². The van der Waals surface area contributed by atoms with Gasteiger partial charge in [0.05, 0.1) is 6.17 Å². The van der Waals surface area contributed by atoms with Crippen LogP contribution in [-0.4, -0.2) is 12.7 Å². The highest BCUT2D eigenvalue weighted by Gasteiger charge is 2.01. The molecule has 0 saturated carbocycles. The summed E-state index contributed by atoms with van der Waals surface area (Å²) < 4.78 is 0. The summed E-state index contributed by atoms with van der Waals surface area (Å²) in [6.45, 7) is 1.02. The lowest BCUT2D eigenvalue weighted by atomic mass is 10.3. The first-order chi connectivity index (χ1) is 3.93. The Hall–Kier alpha value is -0.380. The fraction of sp³-hybridized carbons (Fsp3) is 0.600. The summed E-state index contributed by atoms with van der Waals surface area (Å²) in [7, 11) is 0. The van der Waals surface area contributed by atoms with Crippen molar-refractivity contribution in [2.75, 3.05) is 6.54 Å². The monoisotopic (exact) mass is 113 g/mol. The van der Waals surface area contributed by atoms with E-state index in [-0.39, 0.29) is 6.17 Å². The molecule has 0 spiro atoms. The van der Waals surface area contributed by atoms with Crippen molar-refractivity contribution in [1.29, 1.82) is 0 Å². The van der Waals surface area contributed by atoms with Crippen LogP contribution in [0.25, 0.3) is 0 Å². The third-order valence-corrected chi connectivity index (χ3v) is 1.18. The van der Waals surface area contributed by atoms with E-state index in [1.807, 2.05) is 6.08 Å². The molecule has 46 valence electrons. The lowest BCUT2D eigenvalue weighted by Crippen LogP contribution is -2.46. The van der Waals surface area contributed by atoms with Crippen molar-refractivity contribution in [1.82, 2.24) is 10.7 Å². The van der Waals surface area contributed by atoms with Gasteiger partial charge in [-0.15, -0.1) is 0 Å². The quantitative estimate of drug-likeness (QED) is 0.240. The molecule has 0 aromatic heterocycles. The summed E-state index contributed by atoms with van der Waals surface area (Å²) in [6.07, 6.45) is 5.42. The number of hydrazine groups is 1. The van der Waals surface area contributed by atoms with Crippen LogP contribution >= 0.6 is 0 Å². The molecular formula is C5H11N3. The molecule has 8 heavy (non-hydrogen) atoms. The Labute approximate surface area is 48.9 Å². The van der Waals surface area contributed by atoms with E-state index in [4.69, 9.17) is 5.84 Å². The molecule has 1 aliphatic rings. The Morgan fingerprint density at radius 2 is 2.62 bits per heavy atom. The lowest BCUT2D eigenvalue weighted by molar-refractivity contribution is 0.494. The van der Waals surface area contributed by atoms with Gasteiger partial charge in [-0.3, -0.25) is 11.2 Å². The van der Waals surface area contributed by atoms with Gasteiger partial charge < -0.3 is 0 Å². The van der Waals surface area contributed by atoms with Crippen LogP contribution in [0.4, 0.5) is 0 Å². The van der Waals surface area contributed by atoms with Crippen LogP contribution in [0.3, 0.4) is 0 Å². The highest BCUT2D eigenvalue weighted by atomic mass is 15.3. The molecule has 0 radical (unpaired) electrons. The number of hydrogen-bond acceptors (Lipinski definition) is 3. The van der Waals surface area contributed by atoms with Crippen LogP contribution in [0, 0.1) is 0 Å². The molecule has 0 aliphatic carbocycles. The molecule has 1 rings (SSSR count). The van der Waals surface area contributed by atoms with Gasteiger partial charge in [-0.05, 0) is 6.42 Å². The second-order valence-electron chi connectivity index (χ2n) is 1.82. The van der Waals surface area contributed by atoms with E-state index < -0.39 is 0 Å². The Bertz CT molecular complexity index is 89.7. The van der Waals surface area contributed by atoms with Gasteiger partial charge in [0.25, 0.3) is 0 Å². The molecular weight excluding hydrogens is 102 g/mol. The van der Waals surface area contributed by atoms with E-state index in [0.29, 0.717) is 0 Å². The lowest BCUT2D eigenvalue weighted by Gasteiger charge is -2.16. The van der Waals surface area contributed by atoms with Crippen LogP contribution in [0.2, 0.25) is 0 Å². The maximum absolute atomic E-state index is 5.14. The molecule has 1 atom stereocenters. The third-order valence-electron chi connectivity index (χ3n) is 1.18. The maximum atomic E-state index is 5.14. The minimum absolute atomic E-state index is 0.184. The van der Waals surface area contributed by atoms with Crippen LogP contribution in [0.5, 0.6) is 0 Å². The fourth-order valence-electron chi connectivity index (χ4n) is 0.737. The number of rotatable bonds is 1. The standard InChI is InChI=1S/C5H11N3/c6-8-5-3-1-2-4-7-5/h1,3,5,7-8H,2,4,6H2. The summed E-state index contributed by atoms with van der Waals surface area (Å²) in [5.41, 5.74) is 2.61. The van der Waals surface area contributed by atoms with Crippen LogP contribution in [-0.2, 0) is 0 Å². The Morgan fingerprint density at radius 1 is 1.75 bits per heavy atom. The van der Waals surface area contributed by atoms with Gasteiger partial charge in [-0.1, -0.05) is 12.2 Å². The van der Waals surface area contributed by atoms with Crippen molar-refractivity contribution in [3.8, 4) is 0 Å². The minimum Gasteiger partial charge on any atom is -0.297 e. The van der Waals surface area contributed by atoms with Crippen LogP contribution in [0.15, 0.2) is 12.2 Å². The van der Waals surface area contributed by atoms with Crippen molar-refractivity contribution in [2.45, 2.75) is 12.6 Å². The zero-order chi connectivity index (χ0) is 5.82. The van der Waals surface area contributed by atoms with Gasteiger partial charge in [0.2, 0.25) is 0 Å². The Morgan fingerprint density at radius 3 is 3.00 bits per heavy atom. The smallest absolute Gasteiger partial charge is 0.0890 e. The number of hydrogen-bond donors (Lipinski definition) is 3. The summed E-state index contributed by atoms with van der Waals surface area (Å²) in [5.74, 6) is 5.14. The Kier molecular flexibility index (Phi) is 2.02. The van der Waals surface area contributed by atoms with E-state index >= 15 is 0 Å². The fourth-order valence-corrected chi connectivity index (χ4v) is 0.737. The topological polar surface area (TPSA) is 50.1 Å². The number of nitrogens with two attached hydrogens (primary N) is 1. The van der Waals surface area contributed by atoms with Crippen LogP contribution in [0.1, 0.15) is 6.42 Å². The van der Waals surface area contributed by atoms with Gasteiger partial charge in [-0.2, -0.15) is 0 Å². The maximum Gasteiger partial charge on any atom is 0.0890 e. The zero-order valence-electron chi connectivity index (χ0n) is 4.72. The molecule has 1 heterocycles. The number of nitrogens with one attached hydrogen (secondary N) is 2. The first-order valence-corrected chi connectivity index (χ1v) is 2.79. The first kappa shape index (κ1) is 5.75. The second-order valence-corrected chi connectivity index (χ2v) is 1.82. The van der Waals surface area contributed by atoms with E-state index in [9.17, 15) is 0 Å². The van der Waals surface area contributed by atoms with E-state index in [1.54, 1.807) is 0 Å². The molecule has 0 aromatic carbocycles. The highest BCUT2D eigenvalue weighted by Crippen LogP contribution is 1.90. The van der Waals surface area contributed by atoms with Gasteiger partial charge in [0.1, 0.15) is 0 Å². The molecule has 0 fully saturated rings. The summed E-state index contributed by atoms with van der Waals surface area (Å²) >= 11 is 0. The molecule has 3 heteroatoms. The average Bonchev–Trinajstić information content (AvgIpc) is 1.90. The summed E-state index contributed by atoms with van der Waals surface area (Å²) in [5, 5.41) is 3.15. The Balaban J connectivity index is 2.32. The third kappa shape index (κ3) is 1.30. The summed E-state index contributed by atoms with van der Waals surface area (Å²) in [6, 6.07) is 0. The predicted octanol–water partition coefficient (Wildman–Crippen LogP) is -0.675. The molecule has 0 bridgehead atoms. The average molecular weight is 113 g/mol. The molecule has 0 aromatic rings. The molecule has 3 nitrogen and oxygen atoms in total. The van der Waals surface area contributed by atoms with Gasteiger partial charge in [0.15, 0.2) is 0 Å². The molecule has 1 unspecified atom stereocenters. The predicted molar refractivity (Wildman–Crippen MR) is 32.9 cm³/mol. The molecule has 0 saturated heterocycles. The second kappa shape index (κ2) is 2.81. The molecule has 0 amide bonds. The molecule has 1 aliphatic heterocycles. The van der Waals surface area contributed by atoms with Gasteiger partial charge in [0, 0.05) is 6.54 Å². The van der Waals surface area contributed by atoms with Gasteiger partial charge in [-0.25, -0.2) is 5.43 Å². The molecule has 4 N–H and O–H groups in total. The van der Waals surface area contributed by atoms with Crippen LogP contribution < -0.4 is 16.6 Å². The largest absolute Gasteiger partial charge is 0.297 e. The van der Waals surface area contributed by atoms with E-state index in [0.717, 1.165) is 13.0 Å². The van der Waals surface area contributed by atoms with Crippen molar-refractivity contribution in [3.63, 3.8) is 0 Å². The highest BCUT2D eigenvalue weighted by molar-refractivity contribution is 4.95. The SMILES string of the molecule is NNC1C=CCCN1. The van der Waals surface area contributed by atoms with Crippen molar-refractivity contribution >= 4 is 0 Å². The minimum atomic E-state index is 0.184. The van der Waals surface area contributed by atoms with E-state index in [1.165, 1.54) is 0 Å². The van der Waals surface area contributed by atoms with Crippen molar-refractivity contribution in [3.05, 3.63) is 12.2 Å². The zero-order valence-corrected chi connectivity index (χ0v) is 4.72. The summed E-state index contributed by atoms with van der Waals surface area (Å²) in [4.78, 5) is 0. The van der Waals surface area contributed by atoms with E-state index in [2.05, 4.69) is 16.8 Å². The first-order valence-electron chi connectivity index (χ1n) is 2.79. The van der Waals surface area contributed by atoms with Crippen molar-refractivity contribution in [2.24, 2.45) is 5.84 Å².